The van der Waals surface area contributed by atoms with Gasteiger partial charge in [0.1, 0.15) is 23.5 Å². The van der Waals surface area contributed by atoms with Crippen LogP contribution < -0.4 is 9.47 Å². The number of nitrogens with zero attached hydrogens (tertiary/aromatic N) is 2. The van der Waals surface area contributed by atoms with Gasteiger partial charge in [-0.1, -0.05) is 24.3 Å². The van der Waals surface area contributed by atoms with E-state index in [4.69, 9.17) is 14.9 Å². The van der Waals surface area contributed by atoms with Crippen LogP contribution in [-0.2, 0) is 6.54 Å². The quantitative estimate of drug-likeness (QED) is 0.873. The van der Waals surface area contributed by atoms with Crippen molar-refractivity contribution in [3.05, 3.63) is 59.7 Å². The second-order valence-corrected chi connectivity index (χ2v) is 6.01. The molecule has 0 saturated carbocycles. The summed E-state index contributed by atoms with van der Waals surface area (Å²) in [7, 11) is 3.27. The van der Waals surface area contributed by atoms with E-state index in [0.717, 1.165) is 27.7 Å². The number of hydroxylamine groups is 2. The van der Waals surface area contributed by atoms with E-state index in [-0.39, 0.29) is 5.84 Å². The summed E-state index contributed by atoms with van der Waals surface area (Å²) in [4.78, 5) is 2.15. The van der Waals surface area contributed by atoms with E-state index in [1.54, 1.807) is 14.2 Å². The molecule has 1 atom stereocenters. The highest BCUT2D eigenvalue weighted by Crippen LogP contribution is 2.31. The minimum absolute atomic E-state index is 0.229. The van der Waals surface area contributed by atoms with Gasteiger partial charge in [0.2, 0.25) is 0 Å². The maximum absolute atomic E-state index is 10.5. The lowest BCUT2D eigenvalue weighted by molar-refractivity contribution is -0.131. The Balaban J connectivity index is 1.84. The van der Waals surface area contributed by atoms with Crippen molar-refractivity contribution in [3.63, 3.8) is 0 Å². The molecule has 2 N–H and O–H groups in total. The van der Waals surface area contributed by atoms with Crippen LogP contribution in [0.1, 0.15) is 23.7 Å². The molecular weight excluding hydrogens is 318 g/mol. The fraction of sp³-hybridized carbons (Fsp3) is 0.316. The fourth-order valence-electron chi connectivity index (χ4n) is 3.05. The normalized spacial score (nSPS) is 18.3. The second-order valence-electron chi connectivity index (χ2n) is 6.01. The van der Waals surface area contributed by atoms with E-state index >= 15 is 0 Å². The van der Waals surface area contributed by atoms with Crippen LogP contribution >= 0.6 is 0 Å². The first-order valence-corrected chi connectivity index (χ1v) is 8.19. The zero-order chi connectivity index (χ0) is 17.8. The van der Waals surface area contributed by atoms with Crippen molar-refractivity contribution in [3.8, 4) is 11.5 Å². The smallest absolute Gasteiger partial charge is 0.136 e. The van der Waals surface area contributed by atoms with Gasteiger partial charge in [-0.15, -0.1) is 0 Å². The van der Waals surface area contributed by atoms with Gasteiger partial charge in [-0.05, 0) is 35.4 Å². The van der Waals surface area contributed by atoms with E-state index in [1.165, 1.54) is 0 Å². The third-order valence-corrected chi connectivity index (χ3v) is 4.45. The molecule has 0 aliphatic carbocycles. The Morgan fingerprint density at radius 3 is 2.12 bits per heavy atom. The summed E-state index contributed by atoms with van der Waals surface area (Å²) < 4.78 is 10.4. The third-order valence-electron chi connectivity index (χ3n) is 4.45. The Morgan fingerprint density at radius 2 is 1.56 bits per heavy atom. The molecule has 0 bridgehead atoms. The third kappa shape index (κ3) is 3.75. The number of methoxy groups -OCH3 is 2. The Morgan fingerprint density at radius 1 is 1.00 bits per heavy atom. The number of hydrogen-bond acceptors (Lipinski definition) is 5. The lowest BCUT2D eigenvalue weighted by atomic mass is 10.1. The van der Waals surface area contributed by atoms with Crippen LogP contribution in [0.25, 0.3) is 0 Å². The lowest BCUT2D eigenvalue weighted by Gasteiger charge is -2.41. The van der Waals surface area contributed by atoms with E-state index in [0.29, 0.717) is 19.5 Å². The van der Waals surface area contributed by atoms with Crippen molar-refractivity contribution in [2.24, 2.45) is 0 Å². The summed E-state index contributed by atoms with van der Waals surface area (Å²) in [6.45, 7) is 1.38. The van der Waals surface area contributed by atoms with Gasteiger partial charge in [0, 0.05) is 19.5 Å². The standard InChI is InChI=1S/C19H23N3O3/c1-24-16-7-3-14(4-8-16)13-21-12-11-18(20)22(23)19(21)15-5-9-17(25-2)10-6-15/h3-10,19-20,23H,11-13H2,1-2H3. The van der Waals surface area contributed by atoms with Crippen LogP contribution in [0.4, 0.5) is 0 Å². The minimum Gasteiger partial charge on any atom is -0.497 e. The summed E-state index contributed by atoms with van der Waals surface area (Å²) in [6, 6.07) is 15.5. The number of hydrogen-bond donors (Lipinski definition) is 2. The predicted octanol–water partition coefficient (Wildman–Crippen LogP) is 3.28. The van der Waals surface area contributed by atoms with Gasteiger partial charge in [-0.2, -0.15) is 0 Å². The number of ether oxygens (including phenoxy) is 2. The van der Waals surface area contributed by atoms with Crippen LogP contribution in [0.5, 0.6) is 11.5 Å². The molecule has 1 aliphatic rings. The molecule has 0 aromatic heterocycles. The van der Waals surface area contributed by atoms with Gasteiger partial charge >= 0.3 is 0 Å². The van der Waals surface area contributed by atoms with Crippen molar-refractivity contribution < 1.29 is 14.7 Å². The molecule has 1 heterocycles. The van der Waals surface area contributed by atoms with Crippen molar-refractivity contribution in [2.75, 3.05) is 20.8 Å². The molecule has 132 valence electrons. The van der Waals surface area contributed by atoms with Gasteiger partial charge in [0.15, 0.2) is 0 Å². The van der Waals surface area contributed by atoms with E-state index < -0.39 is 6.17 Å². The highest BCUT2D eigenvalue weighted by atomic mass is 16.5. The predicted molar refractivity (Wildman–Crippen MR) is 95.1 cm³/mol. The van der Waals surface area contributed by atoms with Crippen molar-refractivity contribution in [2.45, 2.75) is 19.1 Å². The van der Waals surface area contributed by atoms with Crippen molar-refractivity contribution >= 4 is 5.84 Å². The van der Waals surface area contributed by atoms with E-state index in [2.05, 4.69) is 4.90 Å². The molecule has 6 heteroatoms. The lowest BCUT2D eigenvalue weighted by Crippen LogP contribution is -2.48. The Kier molecular flexibility index (Phi) is 5.21. The number of amidine groups is 1. The monoisotopic (exact) mass is 341 g/mol. The molecule has 1 fully saturated rings. The molecule has 0 amide bonds. The van der Waals surface area contributed by atoms with E-state index in [9.17, 15) is 5.21 Å². The molecule has 2 aromatic rings. The Bertz CT molecular complexity index is 716. The molecule has 0 spiro atoms. The Labute approximate surface area is 147 Å². The maximum atomic E-state index is 10.5. The zero-order valence-corrected chi connectivity index (χ0v) is 14.5. The second kappa shape index (κ2) is 7.55. The van der Waals surface area contributed by atoms with Crippen LogP contribution in [0, 0.1) is 5.41 Å². The molecule has 2 aromatic carbocycles. The zero-order valence-electron chi connectivity index (χ0n) is 14.5. The van der Waals surface area contributed by atoms with Gasteiger partial charge in [-0.3, -0.25) is 15.5 Å². The number of nitrogens with one attached hydrogen (secondary N) is 1. The molecule has 1 aliphatic heterocycles. The summed E-state index contributed by atoms with van der Waals surface area (Å²) in [5, 5.41) is 19.5. The summed E-state index contributed by atoms with van der Waals surface area (Å²) >= 11 is 0. The molecule has 1 saturated heterocycles. The van der Waals surface area contributed by atoms with E-state index in [1.807, 2.05) is 48.5 Å². The largest absolute Gasteiger partial charge is 0.497 e. The van der Waals surface area contributed by atoms with Crippen molar-refractivity contribution in [1.82, 2.24) is 9.96 Å². The van der Waals surface area contributed by atoms with Gasteiger partial charge in [0.25, 0.3) is 0 Å². The highest BCUT2D eigenvalue weighted by Gasteiger charge is 2.32. The minimum atomic E-state index is -0.394. The fourth-order valence-corrected chi connectivity index (χ4v) is 3.05. The topological polar surface area (TPSA) is 69.0 Å². The number of benzene rings is 2. The van der Waals surface area contributed by atoms with Crippen LogP contribution in [0.2, 0.25) is 0 Å². The number of rotatable bonds is 5. The van der Waals surface area contributed by atoms with Gasteiger partial charge in [0.05, 0.1) is 14.2 Å². The molecular formula is C19H23N3O3. The van der Waals surface area contributed by atoms with Crippen LogP contribution in [0.15, 0.2) is 48.5 Å². The summed E-state index contributed by atoms with van der Waals surface area (Å²) in [5.74, 6) is 1.81. The average Bonchev–Trinajstić information content (AvgIpc) is 2.66. The first-order valence-electron chi connectivity index (χ1n) is 8.19. The molecule has 25 heavy (non-hydrogen) atoms. The van der Waals surface area contributed by atoms with Gasteiger partial charge < -0.3 is 9.47 Å². The van der Waals surface area contributed by atoms with Crippen LogP contribution in [0.3, 0.4) is 0 Å². The first kappa shape index (κ1) is 17.3. The van der Waals surface area contributed by atoms with Gasteiger partial charge in [-0.25, -0.2) is 5.06 Å². The van der Waals surface area contributed by atoms with Crippen LogP contribution in [-0.4, -0.2) is 41.8 Å². The maximum Gasteiger partial charge on any atom is 0.136 e. The first-order chi connectivity index (χ1) is 12.1. The highest BCUT2D eigenvalue weighted by molar-refractivity contribution is 5.79. The summed E-state index contributed by atoms with van der Waals surface area (Å²) in [6.07, 6.45) is 0.119. The molecule has 6 nitrogen and oxygen atoms in total. The summed E-state index contributed by atoms with van der Waals surface area (Å²) in [5.41, 5.74) is 2.04. The molecule has 3 rings (SSSR count). The SMILES string of the molecule is COc1ccc(CN2CCC(=N)N(O)C2c2ccc(OC)cc2)cc1. The molecule has 1 unspecified atom stereocenters. The average molecular weight is 341 g/mol. The molecule has 0 radical (unpaired) electrons. The van der Waals surface area contributed by atoms with Crippen molar-refractivity contribution in [1.29, 1.82) is 5.41 Å². The Hall–Kier alpha value is -2.57.